The predicted molar refractivity (Wildman–Crippen MR) is 156 cm³/mol. The second kappa shape index (κ2) is 11.8. The average Bonchev–Trinajstić information content (AvgIpc) is 2.92. The SMILES string of the molecule is COc1ccc(C)cc1N(CC(=O)Nc1ccc(S(=O)(=O)Nc2ccccc2)cc1)S(=O)(=O)c1ccc(C)cc1. The third-order valence-corrected chi connectivity index (χ3v) is 9.14. The fourth-order valence-corrected chi connectivity index (χ4v) is 6.38. The summed E-state index contributed by atoms with van der Waals surface area (Å²) in [7, 11) is -6.58. The van der Waals surface area contributed by atoms with Crippen LogP contribution in [0, 0.1) is 13.8 Å². The topological polar surface area (TPSA) is 122 Å². The highest BCUT2D eigenvalue weighted by Crippen LogP contribution is 2.33. The highest BCUT2D eigenvalue weighted by atomic mass is 32.2. The number of ether oxygens (including phenoxy) is 1. The van der Waals surface area contributed by atoms with Crippen LogP contribution in [0.2, 0.25) is 0 Å². The number of para-hydroxylation sites is 1. The summed E-state index contributed by atoms with van der Waals surface area (Å²) in [5.41, 5.74) is 2.60. The van der Waals surface area contributed by atoms with E-state index in [0.29, 0.717) is 11.4 Å². The maximum Gasteiger partial charge on any atom is 0.264 e. The van der Waals surface area contributed by atoms with Crippen molar-refractivity contribution in [3.8, 4) is 5.75 Å². The van der Waals surface area contributed by atoms with Crippen molar-refractivity contribution in [3.05, 3.63) is 108 Å². The molecule has 1 amide bonds. The van der Waals surface area contributed by atoms with Crippen LogP contribution in [0.1, 0.15) is 11.1 Å². The van der Waals surface area contributed by atoms with E-state index in [0.717, 1.165) is 15.4 Å². The van der Waals surface area contributed by atoms with Gasteiger partial charge in [0.2, 0.25) is 5.91 Å². The fraction of sp³-hybridized carbons (Fsp3) is 0.138. The molecule has 208 valence electrons. The zero-order valence-corrected chi connectivity index (χ0v) is 23.8. The van der Waals surface area contributed by atoms with Gasteiger partial charge in [-0.1, -0.05) is 42.0 Å². The molecule has 0 aliphatic heterocycles. The summed E-state index contributed by atoms with van der Waals surface area (Å²) in [6.45, 7) is 3.10. The lowest BCUT2D eigenvalue weighted by atomic mass is 10.2. The Hall–Kier alpha value is -4.35. The number of carbonyl (C=O) groups excluding carboxylic acids is 1. The van der Waals surface area contributed by atoms with Gasteiger partial charge in [-0.15, -0.1) is 0 Å². The number of methoxy groups -OCH3 is 1. The molecule has 0 fully saturated rings. The van der Waals surface area contributed by atoms with Gasteiger partial charge in [-0.2, -0.15) is 0 Å². The Morgan fingerprint density at radius 1 is 0.750 bits per heavy atom. The summed E-state index contributed by atoms with van der Waals surface area (Å²) >= 11 is 0. The molecule has 4 rings (SSSR count). The molecule has 0 radical (unpaired) electrons. The van der Waals surface area contributed by atoms with E-state index in [1.54, 1.807) is 60.7 Å². The zero-order chi connectivity index (χ0) is 28.9. The van der Waals surface area contributed by atoms with E-state index in [9.17, 15) is 21.6 Å². The van der Waals surface area contributed by atoms with E-state index < -0.39 is 32.5 Å². The normalized spacial score (nSPS) is 11.5. The molecule has 40 heavy (non-hydrogen) atoms. The molecular formula is C29H29N3O6S2. The van der Waals surface area contributed by atoms with Gasteiger partial charge in [-0.25, -0.2) is 16.8 Å². The van der Waals surface area contributed by atoms with E-state index in [2.05, 4.69) is 10.0 Å². The lowest BCUT2D eigenvalue weighted by molar-refractivity contribution is -0.114. The third-order valence-electron chi connectivity index (χ3n) is 5.97. The van der Waals surface area contributed by atoms with Crippen LogP contribution in [0.15, 0.2) is 107 Å². The molecular weight excluding hydrogens is 550 g/mol. The lowest BCUT2D eigenvalue weighted by Crippen LogP contribution is -2.38. The number of anilines is 3. The maximum absolute atomic E-state index is 13.7. The van der Waals surface area contributed by atoms with Crippen LogP contribution >= 0.6 is 0 Å². The second-order valence-electron chi connectivity index (χ2n) is 9.04. The van der Waals surface area contributed by atoms with Crippen molar-refractivity contribution in [1.82, 2.24) is 0 Å². The number of aryl methyl sites for hydroxylation is 2. The van der Waals surface area contributed by atoms with Gasteiger partial charge in [0.1, 0.15) is 12.3 Å². The Balaban J connectivity index is 1.59. The van der Waals surface area contributed by atoms with E-state index >= 15 is 0 Å². The average molecular weight is 580 g/mol. The van der Waals surface area contributed by atoms with Crippen molar-refractivity contribution in [2.75, 3.05) is 28.0 Å². The predicted octanol–water partition coefficient (Wildman–Crippen LogP) is 4.95. The van der Waals surface area contributed by atoms with Crippen LogP contribution in [0.3, 0.4) is 0 Å². The van der Waals surface area contributed by atoms with Crippen molar-refractivity contribution >= 4 is 43.0 Å². The molecule has 11 heteroatoms. The van der Waals surface area contributed by atoms with Crippen LogP contribution in [-0.4, -0.2) is 36.4 Å². The number of benzene rings is 4. The summed E-state index contributed by atoms with van der Waals surface area (Å²) in [6.07, 6.45) is 0. The number of hydrogen-bond donors (Lipinski definition) is 2. The highest BCUT2D eigenvalue weighted by molar-refractivity contribution is 7.93. The summed E-state index contributed by atoms with van der Waals surface area (Å²) < 4.78 is 61.8. The van der Waals surface area contributed by atoms with Crippen molar-refractivity contribution in [3.63, 3.8) is 0 Å². The number of carbonyl (C=O) groups is 1. The molecule has 0 heterocycles. The number of sulfonamides is 2. The number of hydrogen-bond acceptors (Lipinski definition) is 6. The minimum absolute atomic E-state index is 0.00224. The molecule has 2 N–H and O–H groups in total. The molecule has 0 bridgehead atoms. The Morgan fingerprint density at radius 2 is 1.35 bits per heavy atom. The molecule has 0 unspecified atom stereocenters. The first-order valence-electron chi connectivity index (χ1n) is 12.2. The maximum atomic E-state index is 13.7. The van der Waals surface area contributed by atoms with Crippen molar-refractivity contribution in [2.24, 2.45) is 0 Å². The Kier molecular flexibility index (Phi) is 8.46. The third kappa shape index (κ3) is 6.61. The Morgan fingerprint density at radius 3 is 1.98 bits per heavy atom. The number of amides is 1. The fourth-order valence-electron chi connectivity index (χ4n) is 3.90. The largest absolute Gasteiger partial charge is 0.495 e. The zero-order valence-electron chi connectivity index (χ0n) is 22.2. The van der Waals surface area contributed by atoms with Gasteiger partial charge < -0.3 is 10.1 Å². The molecule has 0 saturated carbocycles. The number of rotatable bonds is 10. The molecule has 4 aromatic rings. The van der Waals surface area contributed by atoms with Gasteiger partial charge in [0.15, 0.2) is 0 Å². The minimum Gasteiger partial charge on any atom is -0.495 e. The van der Waals surface area contributed by atoms with E-state index in [1.807, 2.05) is 13.8 Å². The quantitative estimate of drug-likeness (QED) is 0.274. The molecule has 0 atom stereocenters. The summed E-state index contributed by atoms with van der Waals surface area (Å²) in [6, 6.07) is 25.4. The highest BCUT2D eigenvalue weighted by Gasteiger charge is 2.29. The number of nitrogens with one attached hydrogen (secondary N) is 2. The number of nitrogens with zero attached hydrogens (tertiary/aromatic N) is 1. The van der Waals surface area contributed by atoms with E-state index in [1.165, 1.54) is 43.5 Å². The Bertz CT molecular complexity index is 1710. The first-order chi connectivity index (χ1) is 19.0. The van der Waals surface area contributed by atoms with Crippen LogP contribution in [0.5, 0.6) is 5.75 Å². The van der Waals surface area contributed by atoms with Gasteiger partial charge in [-0.3, -0.25) is 13.8 Å². The molecule has 9 nitrogen and oxygen atoms in total. The molecule has 0 aliphatic carbocycles. The smallest absolute Gasteiger partial charge is 0.264 e. The van der Waals surface area contributed by atoms with Crippen LogP contribution in [-0.2, 0) is 24.8 Å². The summed E-state index contributed by atoms with van der Waals surface area (Å²) in [5, 5.41) is 2.65. The monoisotopic (exact) mass is 579 g/mol. The van der Waals surface area contributed by atoms with E-state index in [-0.39, 0.29) is 21.2 Å². The Labute approximate surface area is 234 Å². The molecule has 0 aliphatic rings. The first-order valence-corrected chi connectivity index (χ1v) is 15.1. The van der Waals surface area contributed by atoms with Gasteiger partial charge >= 0.3 is 0 Å². The first kappa shape index (κ1) is 28.7. The summed E-state index contributed by atoms with van der Waals surface area (Å²) in [4.78, 5) is 13.2. The standard InChI is InChI=1S/C29H29N3O6S2/c1-21-9-14-26(15-10-21)40(36,37)32(27-19-22(2)11-18-28(27)38-3)20-29(33)30-23-12-16-25(17-13-23)39(34,35)31-24-7-5-4-6-8-24/h4-19,31H,20H2,1-3H3,(H,30,33). The van der Waals surface area contributed by atoms with Crippen molar-refractivity contribution in [1.29, 1.82) is 0 Å². The van der Waals surface area contributed by atoms with Gasteiger partial charge in [0.25, 0.3) is 20.0 Å². The van der Waals surface area contributed by atoms with Crippen molar-refractivity contribution in [2.45, 2.75) is 23.6 Å². The van der Waals surface area contributed by atoms with Crippen LogP contribution in [0.4, 0.5) is 17.1 Å². The molecule has 0 aromatic heterocycles. The second-order valence-corrected chi connectivity index (χ2v) is 12.6. The van der Waals surface area contributed by atoms with Gasteiger partial charge in [-0.05, 0) is 80.1 Å². The van der Waals surface area contributed by atoms with Gasteiger partial charge in [0.05, 0.1) is 22.6 Å². The van der Waals surface area contributed by atoms with Crippen LogP contribution < -0.4 is 19.1 Å². The molecule has 4 aromatic carbocycles. The lowest BCUT2D eigenvalue weighted by Gasteiger charge is -2.26. The molecule has 0 saturated heterocycles. The summed E-state index contributed by atoms with van der Waals surface area (Å²) in [5.74, 6) is -0.341. The van der Waals surface area contributed by atoms with Crippen LogP contribution in [0.25, 0.3) is 0 Å². The minimum atomic E-state index is -4.16. The van der Waals surface area contributed by atoms with E-state index in [4.69, 9.17) is 4.74 Å². The van der Waals surface area contributed by atoms with Gasteiger partial charge in [0, 0.05) is 11.4 Å². The van der Waals surface area contributed by atoms with Crippen molar-refractivity contribution < 1.29 is 26.4 Å². The molecule has 0 spiro atoms.